The SMILES string of the molecule is COCCN=C1NC(=O)C(c2cccc(OC)c2OC)N1. The van der Waals surface area contributed by atoms with Gasteiger partial charge in [0, 0.05) is 12.7 Å². The van der Waals surface area contributed by atoms with Crippen molar-refractivity contribution >= 4 is 11.9 Å². The largest absolute Gasteiger partial charge is 0.493 e. The summed E-state index contributed by atoms with van der Waals surface area (Å²) in [5, 5.41) is 5.74. The number of ether oxygens (including phenoxy) is 3. The molecule has 0 saturated carbocycles. The molecular weight excluding hydrogens is 274 g/mol. The molecule has 1 fully saturated rings. The van der Waals surface area contributed by atoms with Crippen molar-refractivity contribution in [3.63, 3.8) is 0 Å². The lowest BCUT2D eigenvalue weighted by Crippen LogP contribution is -2.26. The monoisotopic (exact) mass is 293 g/mol. The van der Waals surface area contributed by atoms with Crippen LogP contribution in [0.4, 0.5) is 0 Å². The molecule has 0 radical (unpaired) electrons. The van der Waals surface area contributed by atoms with Gasteiger partial charge in [-0.1, -0.05) is 12.1 Å². The van der Waals surface area contributed by atoms with Crippen molar-refractivity contribution in [3.05, 3.63) is 23.8 Å². The van der Waals surface area contributed by atoms with E-state index in [1.807, 2.05) is 12.1 Å². The van der Waals surface area contributed by atoms with Gasteiger partial charge in [0.05, 0.1) is 27.4 Å². The van der Waals surface area contributed by atoms with Gasteiger partial charge in [-0.2, -0.15) is 0 Å². The van der Waals surface area contributed by atoms with E-state index >= 15 is 0 Å². The maximum absolute atomic E-state index is 12.1. The van der Waals surface area contributed by atoms with Crippen LogP contribution in [0.3, 0.4) is 0 Å². The first-order chi connectivity index (χ1) is 10.2. The minimum Gasteiger partial charge on any atom is -0.493 e. The van der Waals surface area contributed by atoms with Crippen molar-refractivity contribution in [1.82, 2.24) is 10.6 Å². The molecule has 0 bridgehead atoms. The Kier molecular flexibility index (Phi) is 4.99. The van der Waals surface area contributed by atoms with E-state index in [2.05, 4.69) is 15.6 Å². The molecule has 1 aromatic carbocycles. The van der Waals surface area contributed by atoms with E-state index in [1.165, 1.54) is 0 Å². The van der Waals surface area contributed by atoms with Crippen LogP contribution in [0.15, 0.2) is 23.2 Å². The molecule has 21 heavy (non-hydrogen) atoms. The highest BCUT2D eigenvalue weighted by Gasteiger charge is 2.32. The zero-order valence-electron chi connectivity index (χ0n) is 12.3. The zero-order valence-corrected chi connectivity index (χ0v) is 12.3. The van der Waals surface area contributed by atoms with Gasteiger partial charge in [-0.15, -0.1) is 0 Å². The van der Waals surface area contributed by atoms with E-state index in [9.17, 15) is 4.79 Å². The Morgan fingerprint density at radius 2 is 2.05 bits per heavy atom. The van der Waals surface area contributed by atoms with E-state index in [0.717, 1.165) is 0 Å². The van der Waals surface area contributed by atoms with Gasteiger partial charge in [-0.3, -0.25) is 15.1 Å². The molecule has 2 rings (SSSR count). The van der Waals surface area contributed by atoms with Gasteiger partial charge >= 0.3 is 0 Å². The number of guanidine groups is 1. The maximum atomic E-state index is 12.1. The molecule has 1 atom stereocenters. The minimum absolute atomic E-state index is 0.183. The van der Waals surface area contributed by atoms with Gasteiger partial charge in [0.25, 0.3) is 5.91 Å². The summed E-state index contributed by atoms with van der Waals surface area (Å²) in [5.74, 6) is 1.37. The molecule has 1 unspecified atom stereocenters. The number of para-hydroxylation sites is 1. The van der Waals surface area contributed by atoms with Crippen LogP contribution < -0.4 is 20.1 Å². The molecular formula is C14H19N3O4. The van der Waals surface area contributed by atoms with Crippen LogP contribution in [0, 0.1) is 0 Å². The summed E-state index contributed by atoms with van der Waals surface area (Å²) >= 11 is 0. The van der Waals surface area contributed by atoms with Gasteiger partial charge < -0.3 is 19.5 Å². The Hall–Kier alpha value is -2.28. The summed E-state index contributed by atoms with van der Waals surface area (Å²) in [6, 6.07) is 4.85. The number of carbonyl (C=O) groups is 1. The maximum Gasteiger partial charge on any atom is 0.254 e. The molecule has 7 heteroatoms. The molecule has 1 saturated heterocycles. The van der Waals surface area contributed by atoms with Crippen molar-refractivity contribution in [2.45, 2.75) is 6.04 Å². The summed E-state index contributed by atoms with van der Waals surface area (Å²) in [4.78, 5) is 16.3. The minimum atomic E-state index is -0.559. The van der Waals surface area contributed by atoms with Crippen LogP contribution in [0.5, 0.6) is 11.5 Å². The fourth-order valence-corrected chi connectivity index (χ4v) is 2.12. The fourth-order valence-electron chi connectivity index (χ4n) is 2.12. The molecule has 1 aromatic rings. The zero-order chi connectivity index (χ0) is 15.2. The van der Waals surface area contributed by atoms with Gasteiger partial charge in [0.1, 0.15) is 6.04 Å². The highest BCUT2D eigenvalue weighted by Crippen LogP contribution is 2.35. The number of nitrogens with one attached hydrogen (secondary N) is 2. The summed E-state index contributed by atoms with van der Waals surface area (Å²) in [5.41, 5.74) is 0.700. The van der Waals surface area contributed by atoms with E-state index < -0.39 is 6.04 Å². The van der Waals surface area contributed by atoms with Crippen LogP contribution in [-0.4, -0.2) is 46.3 Å². The number of rotatable bonds is 6. The van der Waals surface area contributed by atoms with Crippen molar-refractivity contribution in [2.75, 3.05) is 34.5 Å². The quantitative estimate of drug-likeness (QED) is 0.745. The molecule has 7 nitrogen and oxygen atoms in total. The molecule has 0 aliphatic carbocycles. The van der Waals surface area contributed by atoms with Crippen LogP contribution in [0.2, 0.25) is 0 Å². The van der Waals surface area contributed by atoms with E-state index in [0.29, 0.717) is 36.2 Å². The Bertz CT molecular complexity index is 545. The number of hydrogen-bond donors (Lipinski definition) is 2. The smallest absolute Gasteiger partial charge is 0.254 e. The van der Waals surface area contributed by atoms with E-state index in [1.54, 1.807) is 27.4 Å². The number of nitrogens with zero attached hydrogens (tertiary/aromatic N) is 1. The third-order valence-electron chi connectivity index (χ3n) is 3.09. The standard InChI is InChI=1S/C14H19N3O4/c1-19-8-7-15-14-16-11(13(18)17-14)9-5-4-6-10(20-2)12(9)21-3/h4-6,11H,7-8H2,1-3H3,(H2,15,16,17,18). The molecule has 1 amide bonds. The molecule has 2 N–H and O–H groups in total. The molecule has 1 aliphatic heterocycles. The summed E-state index contributed by atoms with van der Waals surface area (Å²) in [6.07, 6.45) is 0. The van der Waals surface area contributed by atoms with Gasteiger partial charge in [-0.05, 0) is 6.07 Å². The number of benzene rings is 1. The Morgan fingerprint density at radius 3 is 2.71 bits per heavy atom. The molecule has 1 heterocycles. The number of aliphatic imine (C=N–C) groups is 1. The summed E-state index contributed by atoms with van der Waals surface area (Å²) < 4.78 is 15.5. The normalized spacial score (nSPS) is 19.3. The summed E-state index contributed by atoms with van der Waals surface area (Å²) in [7, 11) is 4.70. The lowest BCUT2D eigenvalue weighted by atomic mass is 10.1. The topological polar surface area (TPSA) is 81.2 Å². The first-order valence-electron chi connectivity index (χ1n) is 6.53. The highest BCUT2D eigenvalue weighted by molar-refractivity contribution is 6.07. The third kappa shape index (κ3) is 3.25. The van der Waals surface area contributed by atoms with Crippen LogP contribution >= 0.6 is 0 Å². The second kappa shape index (κ2) is 6.94. The average Bonchev–Trinajstić information content (AvgIpc) is 2.87. The summed E-state index contributed by atoms with van der Waals surface area (Å²) in [6.45, 7) is 0.968. The lowest BCUT2D eigenvalue weighted by Gasteiger charge is -2.15. The van der Waals surface area contributed by atoms with Crippen LogP contribution in [0.25, 0.3) is 0 Å². The first kappa shape index (κ1) is 15.1. The van der Waals surface area contributed by atoms with Crippen LogP contribution in [0.1, 0.15) is 11.6 Å². The number of carbonyl (C=O) groups excluding carboxylic acids is 1. The number of amides is 1. The van der Waals surface area contributed by atoms with Gasteiger partial charge in [-0.25, -0.2) is 0 Å². The Morgan fingerprint density at radius 1 is 1.24 bits per heavy atom. The third-order valence-corrected chi connectivity index (χ3v) is 3.09. The Labute approximate surface area is 123 Å². The molecule has 114 valence electrons. The molecule has 1 aliphatic rings. The second-order valence-electron chi connectivity index (χ2n) is 4.37. The second-order valence-corrected chi connectivity index (χ2v) is 4.37. The predicted octanol–water partition coefficient (Wildman–Crippen LogP) is 0.467. The van der Waals surface area contributed by atoms with Crippen molar-refractivity contribution in [3.8, 4) is 11.5 Å². The van der Waals surface area contributed by atoms with Crippen molar-refractivity contribution < 1.29 is 19.0 Å². The lowest BCUT2D eigenvalue weighted by molar-refractivity contribution is -0.120. The Balaban J connectivity index is 2.23. The number of methoxy groups -OCH3 is 3. The fraction of sp³-hybridized carbons (Fsp3) is 0.429. The van der Waals surface area contributed by atoms with Crippen LogP contribution in [-0.2, 0) is 9.53 Å². The molecule has 0 aromatic heterocycles. The number of hydrogen-bond acceptors (Lipinski definition) is 5. The van der Waals surface area contributed by atoms with E-state index in [-0.39, 0.29) is 5.91 Å². The van der Waals surface area contributed by atoms with E-state index in [4.69, 9.17) is 14.2 Å². The van der Waals surface area contributed by atoms with Crippen molar-refractivity contribution in [2.24, 2.45) is 4.99 Å². The van der Waals surface area contributed by atoms with Crippen molar-refractivity contribution in [1.29, 1.82) is 0 Å². The average molecular weight is 293 g/mol. The van der Waals surface area contributed by atoms with Gasteiger partial charge in [0.15, 0.2) is 17.5 Å². The predicted molar refractivity (Wildman–Crippen MR) is 77.7 cm³/mol. The highest BCUT2D eigenvalue weighted by atomic mass is 16.5. The molecule has 0 spiro atoms. The first-order valence-corrected chi connectivity index (χ1v) is 6.53. The van der Waals surface area contributed by atoms with Gasteiger partial charge in [0.2, 0.25) is 0 Å².